The maximum atomic E-state index is 9.24. The standard InChI is InChI=1S/C17H17BrN2/c18-16-10-8-15(9-11-16)17(13-19)20-12-4-7-14-5-2-1-3-6-14/h1-3,5-6,8-11,17,20H,4,7,12H2. The molecular formula is C17H17BrN2. The zero-order chi connectivity index (χ0) is 14.2. The molecule has 0 bridgehead atoms. The van der Waals surface area contributed by atoms with E-state index in [4.69, 9.17) is 0 Å². The summed E-state index contributed by atoms with van der Waals surface area (Å²) in [7, 11) is 0. The summed E-state index contributed by atoms with van der Waals surface area (Å²) in [5.41, 5.74) is 2.35. The van der Waals surface area contributed by atoms with Crippen LogP contribution in [0.1, 0.15) is 23.6 Å². The zero-order valence-electron chi connectivity index (χ0n) is 11.2. The van der Waals surface area contributed by atoms with Gasteiger partial charge in [0.05, 0.1) is 6.07 Å². The first-order valence-corrected chi connectivity index (χ1v) is 7.51. The van der Waals surface area contributed by atoms with Gasteiger partial charge in [0.15, 0.2) is 0 Å². The molecule has 1 atom stereocenters. The molecule has 0 aliphatic rings. The quantitative estimate of drug-likeness (QED) is 0.805. The molecule has 0 spiro atoms. The summed E-state index contributed by atoms with van der Waals surface area (Å²) in [5.74, 6) is 0. The molecule has 1 unspecified atom stereocenters. The molecular weight excluding hydrogens is 312 g/mol. The number of rotatable bonds is 6. The van der Waals surface area contributed by atoms with Gasteiger partial charge in [0.25, 0.3) is 0 Å². The van der Waals surface area contributed by atoms with Gasteiger partial charge in [-0.15, -0.1) is 0 Å². The van der Waals surface area contributed by atoms with Gasteiger partial charge in [0.1, 0.15) is 6.04 Å². The van der Waals surface area contributed by atoms with Crippen LogP contribution in [0.15, 0.2) is 59.1 Å². The number of aryl methyl sites for hydroxylation is 1. The Morgan fingerprint density at radius 2 is 1.75 bits per heavy atom. The summed E-state index contributed by atoms with van der Waals surface area (Å²) in [5, 5.41) is 12.5. The molecule has 0 amide bonds. The van der Waals surface area contributed by atoms with Crippen molar-refractivity contribution in [2.75, 3.05) is 6.54 Å². The molecule has 0 aliphatic heterocycles. The summed E-state index contributed by atoms with van der Waals surface area (Å²) in [6.07, 6.45) is 2.06. The molecule has 102 valence electrons. The van der Waals surface area contributed by atoms with Crippen LogP contribution in [-0.4, -0.2) is 6.54 Å². The molecule has 0 heterocycles. The highest BCUT2D eigenvalue weighted by molar-refractivity contribution is 9.10. The van der Waals surface area contributed by atoms with Crippen LogP contribution in [0, 0.1) is 11.3 Å². The van der Waals surface area contributed by atoms with Gasteiger partial charge in [-0.2, -0.15) is 5.26 Å². The van der Waals surface area contributed by atoms with Crippen LogP contribution < -0.4 is 5.32 Å². The lowest BCUT2D eigenvalue weighted by molar-refractivity contribution is 0.603. The van der Waals surface area contributed by atoms with Crippen LogP contribution in [-0.2, 0) is 6.42 Å². The predicted molar refractivity (Wildman–Crippen MR) is 85.3 cm³/mol. The van der Waals surface area contributed by atoms with Crippen molar-refractivity contribution >= 4 is 15.9 Å². The molecule has 0 aliphatic carbocycles. The third kappa shape index (κ3) is 4.48. The molecule has 0 fully saturated rings. The Labute approximate surface area is 128 Å². The minimum Gasteiger partial charge on any atom is -0.298 e. The van der Waals surface area contributed by atoms with Crippen molar-refractivity contribution in [2.24, 2.45) is 0 Å². The maximum absolute atomic E-state index is 9.24. The summed E-state index contributed by atoms with van der Waals surface area (Å²) in [4.78, 5) is 0. The van der Waals surface area contributed by atoms with Gasteiger partial charge in [-0.1, -0.05) is 58.4 Å². The number of hydrogen-bond donors (Lipinski definition) is 1. The van der Waals surface area contributed by atoms with Gasteiger partial charge in [-0.25, -0.2) is 0 Å². The number of halogens is 1. The second kappa shape index (κ2) is 7.84. The topological polar surface area (TPSA) is 35.8 Å². The van der Waals surface area contributed by atoms with E-state index in [0.717, 1.165) is 29.4 Å². The summed E-state index contributed by atoms with van der Waals surface area (Å²) >= 11 is 3.40. The van der Waals surface area contributed by atoms with Crippen LogP contribution in [0.2, 0.25) is 0 Å². The number of benzene rings is 2. The average molecular weight is 329 g/mol. The minimum absolute atomic E-state index is 0.237. The number of hydrogen-bond acceptors (Lipinski definition) is 2. The van der Waals surface area contributed by atoms with Crippen molar-refractivity contribution in [3.8, 4) is 6.07 Å². The molecule has 0 aromatic heterocycles. The largest absolute Gasteiger partial charge is 0.298 e. The Morgan fingerprint density at radius 1 is 1.05 bits per heavy atom. The van der Waals surface area contributed by atoms with Crippen LogP contribution in [0.25, 0.3) is 0 Å². The first-order chi connectivity index (χ1) is 9.79. The van der Waals surface area contributed by atoms with E-state index < -0.39 is 0 Å². The molecule has 3 heteroatoms. The molecule has 2 aromatic rings. The zero-order valence-corrected chi connectivity index (χ0v) is 12.8. The van der Waals surface area contributed by atoms with Gasteiger partial charge in [-0.3, -0.25) is 5.32 Å². The summed E-state index contributed by atoms with van der Waals surface area (Å²) in [6.45, 7) is 0.836. The maximum Gasteiger partial charge on any atom is 0.121 e. The van der Waals surface area contributed by atoms with Gasteiger partial charge >= 0.3 is 0 Å². The van der Waals surface area contributed by atoms with E-state index in [9.17, 15) is 5.26 Å². The van der Waals surface area contributed by atoms with E-state index >= 15 is 0 Å². The van der Waals surface area contributed by atoms with Gasteiger partial charge in [0.2, 0.25) is 0 Å². The number of nitrogens with zero attached hydrogens (tertiary/aromatic N) is 1. The van der Waals surface area contributed by atoms with Crippen LogP contribution in [0.5, 0.6) is 0 Å². The normalized spacial score (nSPS) is 11.8. The SMILES string of the molecule is N#CC(NCCCc1ccccc1)c1ccc(Br)cc1. The van der Waals surface area contributed by atoms with E-state index in [1.807, 2.05) is 30.3 Å². The number of nitriles is 1. The molecule has 0 saturated carbocycles. The summed E-state index contributed by atoms with van der Waals surface area (Å²) in [6, 6.07) is 20.4. The Kier molecular flexibility index (Phi) is 5.79. The Bertz CT molecular complexity index is 558. The van der Waals surface area contributed by atoms with Crippen molar-refractivity contribution in [1.29, 1.82) is 5.26 Å². The molecule has 2 aromatic carbocycles. The van der Waals surface area contributed by atoms with Crippen molar-refractivity contribution in [1.82, 2.24) is 5.32 Å². The third-order valence-corrected chi connectivity index (χ3v) is 3.69. The molecule has 0 saturated heterocycles. The Hall–Kier alpha value is -1.63. The van der Waals surface area contributed by atoms with Gasteiger partial charge in [-0.05, 0) is 42.6 Å². The highest BCUT2D eigenvalue weighted by atomic mass is 79.9. The Morgan fingerprint density at radius 3 is 2.40 bits per heavy atom. The van der Waals surface area contributed by atoms with Crippen LogP contribution in [0.3, 0.4) is 0 Å². The fourth-order valence-corrected chi connectivity index (χ4v) is 2.34. The minimum atomic E-state index is -0.237. The lowest BCUT2D eigenvalue weighted by atomic mass is 10.1. The van der Waals surface area contributed by atoms with E-state index in [0.29, 0.717) is 0 Å². The van der Waals surface area contributed by atoms with E-state index in [1.165, 1.54) is 5.56 Å². The number of nitrogens with one attached hydrogen (secondary N) is 1. The van der Waals surface area contributed by atoms with Crippen molar-refractivity contribution in [3.05, 3.63) is 70.2 Å². The lowest BCUT2D eigenvalue weighted by Crippen LogP contribution is -2.21. The van der Waals surface area contributed by atoms with Gasteiger partial charge < -0.3 is 0 Å². The molecule has 2 nitrogen and oxygen atoms in total. The lowest BCUT2D eigenvalue weighted by Gasteiger charge is -2.12. The predicted octanol–water partition coefficient (Wildman–Crippen LogP) is 4.24. The summed E-state index contributed by atoms with van der Waals surface area (Å²) < 4.78 is 1.03. The Balaban J connectivity index is 1.80. The average Bonchev–Trinajstić information content (AvgIpc) is 2.50. The van der Waals surface area contributed by atoms with E-state index in [2.05, 4.69) is 51.6 Å². The third-order valence-electron chi connectivity index (χ3n) is 3.17. The highest BCUT2D eigenvalue weighted by Crippen LogP contribution is 2.16. The van der Waals surface area contributed by atoms with E-state index in [-0.39, 0.29) is 6.04 Å². The van der Waals surface area contributed by atoms with E-state index in [1.54, 1.807) is 0 Å². The fraction of sp³-hybridized carbons (Fsp3) is 0.235. The second-order valence-corrected chi connectivity index (χ2v) is 5.57. The fourth-order valence-electron chi connectivity index (χ4n) is 2.08. The smallest absolute Gasteiger partial charge is 0.121 e. The van der Waals surface area contributed by atoms with Crippen molar-refractivity contribution in [3.63, 3.8) is 0 Å². The highest BCUT2D eigenvalue weighted by Gasteiger charge is 2.08. The first-order valence-electron chi connectivity index (χ1n) is 6.72. The van der Waals surface area contributed by atoms with Crippen LogP contribution >= 0.6 is 15.9 Å². The van der Waals surface area contributed by atoms with Crippen molar-refractivity contribution < 1.29 is 0 Å². The second-order valence-electron chi connectivity index (χ2n) is 4.66. The van der Waals surface area contributed by atoms with Crippen LogP contribution in [0.4, 0.5) is 0 Å². The molecule has 2 rings (SSSR count). The molecule has 0 radical (unpaired) electrons. The first kappa shape index (κ1) is 14.8. The monoisotopic (exact) mass is 328 g/mol. The van der Waals surface area contributed by atoms with Crippen molar-refractivity contribution in [2.45, 2.75) is 18.9 Å². The molecule has 1 N–H and O–H groups in total. The van der Waals surface area contributed by atoms with Gasteiger partial charge in [0, 0.05) is 4.47 Å². The molecule has 20 heavy (non-hydrogen) atoms.